The number of nitrogens with one attached hydrogen (secondary N) is 1. The molecule has 4 rings (SSSR count). The Bertz CT molecular complexity index is 1050. The molecule has 1 fully saturated rings. The molecular formula is C25H31ClN4OS. The molecule has 1 N–H and O–H groups in total. The van der Waals surface area contributed by atoms with Gasteiger partial charge in [-0.05, 0) is 43.6 Å². The summed E-state index contributed by atoms with van der Waals surface area (Å²) >= 11 is 7.61. The SMILES string of the molecule is CC(C)(C)C(=O)n1nc(C2CCN(Cc3ccccc3)CC2)cc1NCc1ccc(Cl)s1. The minimum absolute atomic E-state index is 0.00280. The molecule has 0 spiro atoms. The summed E-state index contributed by atoms with van der Waals surface area (Å²) in [5, 5.41) is 8.21. The van der Waals surface area contributed by atoms with Crippen LogP contribution in [0.5, 0.6) is 0 Å². The molecule has 3 heterocycles. The van der Waals surface area contributed by atoms with Gasteiger partial charge in [0.1, 0.15) is 5.82 Å². The third-order valence-corrected chi connectivity index (χ3v) is 7.12. The van der Waals surface area contributed by atoms with E-state index in [1.807, 2.05) is 32.9 Å². The molecular weight excluding hydrogens is 440 g/mol. The zero-order chi connectivity index (χ0) is 22.7. The summed E-state index contributed by atoms with van der Waals surface area (Å²) in [5.41, 5.74) is 1.85. The zero-order valence-electron chi connectivity index (χ0n) is 19.0. The van der Waals surface area contributed by atoms with E-state index in [1.54, 1.807) is 16.0 Å². The summed E-state index contributed by atoms with van der Waals surface area (Å²) in [6, 6.07) is 16.6. The molecule has 5 nitrogen and oxygen atoms in total. The fourth-order valence-corrected chi connectivity index (χ4v) is 5.08. The predicted molar refractivity (Wildman–Crippen MR) is 133 cm³/mol. The molecule has 3 aromatic rings. The molecule has 0 atom stereocenters. The number of anilines is 1. The fourth-order valence-electron chi connectivity index (χ4n) is 4.05. The van der Waals surface area contributed by atoms with Crippen LogP contribution in [-0.4, -0.2) is 33.7 Å². The van der Waals surface area contributed by atoms with Crippen molar-refractivity contribution < 1.29 is 4.79 Å². The maximum atomic E-state index is 13.1. The zero-order valence-corrected chi connectivity index (χ0v) is 20.5. The minimum atomic E-state index is -0.509. The second kappa shape index (κ2) is 9.77. The largest absolute Gasteiger partial charge is 0.365 e. The molecule has 1 aromatic carbocycles. The van der Waals surface area contributed by atoms with Gasteiger partial charge in [0.2, 0.25) is 0 Å². The van der Waals surface area contributed by atoms with Gasteiger partial charge in [0, 0.05) is 28.8 Å². The first-order valence-electron chi connectivity index (χ1n) is 11.2. The number of thiophene rings is 1. The maximum Gasteiger partial charge on any atom is 0.254 e. The molecule has 0 radical (unpaired) electrons. The highest BCUT2D eigenvalue weighted by molar-refractivity contribution is 7.16. The van der Waals surface area contributed by atoms with E-state index in [0.29, 0.717) is 12.5 Å². The first kappa shape index (κ1) is 23.0. The van der Waals surface area contributed by atoms with Crippen molar-refractivity contribution in [2.24, 2.45) is 5.41 Å². The summed E-state index contributed by atoms with van der Waals surface area (Å²) in [6.07, 6.45) is 2.10. The van der Waals surface area contributed by atoms with Gasteiger partial charge in [0.05, 0.1) is 16.6 Å². The van der Waals surface area contributed by atoms with Crippen molar-refractivity contribution in [2.45, 2.75) is 52.6 Å². The van der Waals surface area contributed by atoms with Crippen molar-refractivity contribution >= 4 is 34.7 Å². The monoisotopic (exact) mass is 470 g/mol. The highest BCUT2D eigenvalue weighted by Gasteiger charge is 2.29. The second-order valence-electron chi connectivity index (χ2n) is 9.52. The molecule has 1 saturated heterocycles. The Balaban J connectivity index is 1.46. The van der Waals surface area contributed by atoms with Crippen molar-refractivity contribution in [3.05, 3.63) is 69.0 Å². The lowest BCUT2D eigenvalue weighted by Gasteiger charge is -2.31. The Labute approximate surface area is 199 Å². The number of piperidine rings is 1. The van der Waals surface area contributed by atoms with E-state index in [-0.39, 0.29) is 5.91 Å². The molecule has 0 aliphatic carbocycles. The number of rotatable bonds is 6. The van der Waals surface area contributed by atoms with E-state index in [9.17, 15) is 4.79 Å². The van der Waals surface area contributed by atoms with Gasteiger partial charge >= 0.3 is 0 Å². The molecule has 0 bridgehead atoms. The van der Waals surface area contributed by atoms with Crippen molar-refractivity contribution in [1.29, 1.82) is 0 Å². The number of hydrogen-bond acceptors (Lipinski definition) is 5. The predicted octanol–water partition coefficient (Wildman–Crippen LogP) is 6.28. The van der Waals surface area contributed by atoms with Crippen molar-refractivity contribution in [2.75, 3.05) is 18.4 Å². The van der Waals surface area contributed by atoms with Gasteiger partial charge in [0.25, 0.3) is 5.91 Å². The van der Waals surface area contributed by atoms with Gasteiger partial charge in [-0.2, -0.15) is 9.78 Å². The lowest BCUT2D eigenvalue weighted by molar-refractivity contribution is 0.0750. The van der Waals surface area contributed by atoms with Gasteiger partial charge in [0.15, 0.2) is 0 Å². The molecule has 0 amide bonds. The highest BCUT2D eigenvalue weighted by Crippen LogP contribution is 2.31. The summed E-state index contributed by atoms with van der Waals surface area (Å²) in [7, 11) is 0. The number of nitrogens with zero attached hydrogens (tertiary/aromatic N) is 3. The Kier molecular flexibility index (Phi) is 7.03. The van der Waals surface area contributed by atoms with Crippen molar-refractivity contribution in [1.82, 2.24) is 14.7 Å². The Morgan fingerprint density at radius 2 is 1.88 bits per heavy atom. The van der Waals surface area contributed by atoms with E-state index in [2.05, 4.69) is 46.6 Å². The molecule has 32 heavy (non-hydrogen) atoms. The average molecular weight is 471 g/mol. The van der Waals surface area contributed by atoms with E-state index in [1.165, 1.54) is 5.56 Å². The van der Waals surface area contributed by atoms with Crippen LogP contribution in [0.2, 0.25) is 4.34 Å². The highest BCUT2D eigenvalue weighted by atomic mass is 35.5. The number of carbonyl (C=O) groups excluding carboxylic acids is 1. The summed E-state index contributed by atoms with van der Waals surface area (Å²) in [4.78, 5) is 16.7. The molecule has 170 valence electrons. The third-order valence-electron chi connectivity index (χ3n) is 5.89. The van der Waals surface area contributed by atoms with Crippen molar-refractivity contribution in [3.63, 3.8) is 0 Å². The van der Waals surface area contributed by atoms with Crippen LogP contribution in [0.3, 0.4) is 0 Å². The van der Waals surface area contributed by atoms with E-state index in [4.69, 9.17) is 16.7 Å². The summed E-state index contributed by atoms with van der Waals surface area (Å²) in [6.45, 7) is 9.48. The number of hydrogen-bond donors (Lipinski definition) is 1. The first-order chi connectivity index (χ1) is 15.3. The minimum Gasteiger partial charge on any atom is -0.365 e. The van der Waals surface area contributed by atoms with E-state index >= 15 is 0 Å². The lowest BCUT2D eigenvalue weighted by atomic mass is 9.93. The molecule has 1 aliphatic rings. The topological polar surface area (TPSA) is 50.2 Å². The van der Waals surface area contributed by atoms with Crippen LogP contribution in [0.1, 0.15) is 60.5 Å². The third kappa shape index (κ3) is 5.61. The van der Waals surface area contributed by atoms with Crippen LogP contribution in [0.25, 0.3) is 0 Å². The van der Waals surface area contributed by atoms with Crippen LogP contribution in [0.4, 0.5) is 5.82 Å². The number of aromatic nitrogens is 2. The number of halogens is 1. The number of carbonyl (C=O) groups is 1. The van der Waals surface area contributed by atoms with E-state index in [0.717, 1.165) is 53.2 Å². The molecule has 2 aromatic heterocycles. The van der Waals surface area contributed by atoms with Gasteiger partial charge in [-0.15, -0.1) is 11.3 Å². The van der Waals surface area contributed by atoms with Crippen LogP contribution in [0, 0.1) is 5.41 Å². The Hall–Kier alpha value is -2.15. The second-order valence-corrected chi connectivity index (χ2v) is 11.3. The summed E-state index contributed by atoms with van der Waals surface area (Å²) in [5.74, 6) is 1.13. The quantitative estimate of drug-likeness (QED) is 0.460. The lowest BCUT2D eigenvalue weighted by Crippen LogP contribution is -2.33. The van der Waals surface area contributed by atoms with Gasteiger partial charge in [-0.25, -0.2) is 0 Å². The Morgan fingerprint density at radius 3 is 2.50 bits per heavy atom. The first-order valence-corrected chi connectivity index (χ1v) is 12.4. The molecule has 0 unspecified atom stereocenters. The Morgan fingerprint density at radius 1 is 1.16 bits per heavy atom. The van der Waals surface area contributed by atoms with Gasteiger partial charge in [-0.3, -0.25) is 9.69 Å². The smallest absolute Gasteiger partial charge is 0.254 e. The molecule has 1 aliphatic heterocycles. The van der Waals surface area contributed by atoms with Crippen LogP contribution in [-0.2, 0) is 13.1 Å². The normalized spacial score (nSPS) is 15.8. The van der Waals surface area contributed by atoms with Gasteiger partial charge in [-0.1, -0.05) is 62.7 Å². The summed E-state index contributed by atoms with van der Waals surface area (Å²) < 4.78 is 2.34. The number of benzene rings is 1. The van der Waals surface area contributed by atoms with Gasteiger partial charge < -0.3 is 5.32 Å². The standard InChI is InChI=1S/C25H31ClN4OS/c1-25(2,3)24(31)30-23(27-16-20-9-10-22(26)32-20)15-21(28-30)19-11-13-29(14-12-19)17-18-7-5-4-6-8-18/h4-10,15,19,27H,11-14,16-17H2,1-3H3. The molecule has 0 saturated carbocycles. The fraction of sp³-hybridized carbons (Fsp3) is 0.440. The van der Waals surface area contributed by atoms with Crippen LogP contribution < -0.4 is 5.32 Å². The number of likely N-dealkylation sites (tertiary alicyclic amines) is 1. The van der Waals surface area contributed by atoms with E-state index < -0.39 is 5.41 Å². The van der Waals surface area contributed by atoms with Crippen LogP contribution in [0.15, 0.2) is 48.5 Å². The molecule has 7 heteroatoms. The maximum absolute atomic E-state index is 13.1. The van der Waals surface area contributed by atoms with Crippen LogP contribution >= 0.6 is 22.9 Å². The van der Waals surface area contributed by atoms with Crippen molar-refractivity contribution in [3.8, 4) is 0 Å². The average Bonchev–Trinajstić information content (AvgIpc) is 3.38.